The molecule has 1 N–H and O–H groups in total. The van der Waals surface area contributed by atoms with Crippen molar-refractivity contribution in [3.8, 4) is 11.1 Å². The number of hydrogen-bond acceptors (Lipinski definition) is 4. The lowest BCUT2D eigenvalue weighted by Gasteiger charge is -2.06. The van der Waals surface area contributed by atoms with E-state index in [1.807, 2.05) is 18.2 Å². The molecule has 0 aliphatic carbocycles. The molecule has 0 saturated heterocycles. The Labute approximate surface area is 164 Å². The van der Waals surface area contributed by atoms with Crippen LogP contribution in [0.1, 0.15) is 15.4 Å². The molecule has 0 atom stereocenters. The van der Waals surface area contributed by atoms with Crippen molar-refractivity contribution in [2.45, 2.75) is 6.54 Å². The second-order valence-electron chi connectivity index (χ2n) is 6.18. The molecule has 4 rings (SSSR count). The van der Waals surface area contributed by atoms with E-state index in [0.717, 1.165) is 15.8 Å². The Hall–Kier alpha value is -3.38. The predicted molar refractivity (Wildman–Crippen MR) is 108 cm³/mol. The van der Waals surface area contributed by atoms with Crippen molar-refractivity contribution < 1.29 is 14.0 Å². The zero-order valence-electron chi connectivity index (χ0n) is 14.7. The van der Waals surface area contributed by atoms with Gasteiger partial charge in [-0.1, -0.05) is 54.6 Å². The Morgan fingerprint density at radius 1 is 0.929 bits per heavy atom. The quantitative estimate of drug-likeness (QED) is 0.400. The summed E-state index contributed by atoms with van der Waals surface area (Å²) < 4.78 is 14.7. The normalized spacial score (nSPS) is 10.8. The first-order chi connectivity index (χ1) is 13.6. The second kappa shape index (κ2) is 7.70. The van der Waals surface area contributed by atoms with Crippen LogP contribution in [-0.2, 0) is 11.3 Å². The highest BCUT2D eigenvalue weighted by molar-refractivity contribution is 7.21. The highest BCUT2D eigenvalue weighted by Crippen LogP contribution is 2.23. The van der Waals surface area contributed by atoms with Gasteiger partial charge in [-0.15, -0.1) is 11.3 Å². The fourth-order valence-electron chi connectivity index (χ4n) is 2.83. The summed E-state index contributed by atoms with van der Waals surface area (Å²) in [6, 6.07) is 21.1. The Balaban J connectivity index is 1.41. The van der Waals surface area contributed by atoms with Gasteiger partial charge in [-0.25, -0.2) is 9.37 Å². The molecular formula is C22H15FN2O2S. The zero-order valence-corrected chi connectivity index (χ0v) is 15.5. The van der Waals surface area contributed by atoms with Crippen LogP contribution in [0.15, 0.2) is 72.8 Å². The lowest BCUT2D eigenvalue weighted by Crippen LogP contribution is -2.30. The van der Waals surface area contributed by atoms with Gasteiger partial charge in [0.2, 0.25) is 0 Å². The number of halogens is 1. The van der Waals surface area contributed by atoms with Gasteiger partial charge >= 0.3 is 0 Å². The van der Waals surface area contributed by atoms with Crippen LogP contribution in [0.2, 0.25) is 0 Å². The largest absolute Gasteiger partial charge is 0.345 e. The predicted octanol–water partition coefficient (Wildman–Crippen LogP) is 4.60. The standard InChI is InChI=1S/C22H15FN2O2S/c23-17-6-2-1-5-16(17)15-11-9-14(10-12-15)13-24-21(27)20(26)22-25-18-7-3-4-8-19(18)28-22/h1-12H,13H2,(H,24,27). The maximum Gasteiger partial charge on any atom is 0.295 e. The molecule has 1 amide bonds. The number of fused-ring (bicyclic) bond motifs is 1. The smallest absolute Gasteiger partial charge is 0.295 e. The molecule has 0 bridgehead atoms. The third-order valence-corrected chi connectivity index (χ3v) is 5.32. The first-order valence-electron chi connectivity index (χ1n) is 8.64. The van der Waals surface area contributed by atoms with Crippen LogP contribution in [0.5, 0.6) is 0 Å². The Morgan fingerprint density at radius 2 is 1.64 bits per heavy atom. The van der Waals surface area contributed by atoms with Gasteiger partial charge in [-0.3, -0.25) is 9.59 Å². The molecule has 3 aromatic carbocycles. The van der Waals surface area contributed by atoms with Crippen molar-refractivity contribution in [2.24, 2.45) is 0 Å². The number of hydrogen-bond donors (Lipinski definition) is 1. The fraction of sp³-hybridized carbons (Fsp3) is 0.0455. The first-order valence-corrected chi connectivity index (χ1v) is 9.45. The summed E-state index contributed by atoms with van der Waals surface area (Å²) in [4.78, 5) is 28.7. The van der Waals surface area contributed by atoms with Gasteiger partial charge < -0.3 is 5.32 Å². The topological polar surface area (TPSA) is 59.1 Å². The molecule has 0 aliphatic rings. The number of para-hydroxylation sites is 1. The number of Topliss-reactive ketones (excluding diaryl/α,β-unsaturated/α-hetero) is 1. The van der Waals surface area contributed by atoms with Crippen LogP contribution in [0.4, 0.5) is 4.39 Å². The van der Waals surface area contributed by atoms with Crippen LogP contribution in [0.3, 0.4) is 0 Å². The lowest BCUT2D eigenvalue weighted by atomic mass is 10.0. The van der Waals surface area contributed by atoms with Crippen LogP contribution >= 0.6 is 11.3 Å². The second-order valence-corrected chi connectivity index (χ2v) is 7.21. The molecule has 6 heteroatoms. The van der Waals surface area contributed by atoms with Crippen LogP contribution < -0.4 is 5.32 Å². The number of thiazole rings is 1. The van der Waals surface area contributed by atoms with Crippen molar-refractivity contribution >= 4 is 33.2 Å². The lowest BCUT2D eigenvalue weighted by molar-refractivity contribution is -0.117. The molecule has 0 unspecified atom stereocenters. The molecule has 0 saturated carbocycles. The maximum atomic E-state index is 13.9. The van der Waals surface area contributed by atoms with Crippen LogP contribution in [0.25, 0.3) is 21.3 Å². The Kier molecular flexibility index (Phi) is 4.95. The summed E-state index contributed by atoms with van der Waals surface area (Å²) in [6.07, 6.45) is 0. The van der Waals surface area contributed by atoms with E-state index in [1.165, 1.54) is 17.4 Å². The molecular weight excluding hydrogens is 375 g/mol. The molecule has 0 aliphatic heterocycles. The Bertz CT molecular complexity index is 1140. The maximum absolute atomic E-state index is 13.9. The number of carbonyl (C=O) groups excluding carboxylic acids is 2. The van der Waals surface area contributed by atoms with E-state index in [9.17, 15) is 14.0 Å². The summed E-state index contributed by atoms with van der Waals surface area (Å²) in [6.45, 7) is 0.201. The van der Waals surface area contributed by atoms with Crippen molar-refractivity contribution in [1.29, 1.82) is 0 Å². The van der Waals surface area contributed by atoms with E-state index >= 15 is 0 Å². The average Bonchev–Trinajstić information content (AvgIpc) is 3.16. The number of rotatable bonds is 5. The first kappa shape index (κ1) is 18.0. The zero-order chi connectivity index (χ0) is 19.5. The van der Waals surface area contributed by atoms with Gasteiger partial charge in [0.1, 0.15) is 5.82 Å². The number of nitrogens with zero attached hydrogens (tertiary/aromatic N) is 1. The number of ketones is 1. The highest BCUT2D eigenvalue weighted by atomic mass is 32.1. The number of aromatic nitrogens is 1. The van der Waals surface area contributed by atoms with Crippen LogP contribution in [0, 0.1) is 5.82 Å². The molecule has 138 valence electrons. The van der Waals surface area contributed by atoms with Gasteiger partial charge in [0.15, 0.2) is 5.01 Å². The van der Waals surface area contributed by atoms with E-state index in [4.69, 9.17) is 0 Å². The summed E-state index contributed by atoms with van der Waals surface area (Å²) in [5.74, 6) is -1.63. The van der Waals surface area contributed by atoms with Crippen molar-refractivity contribution in [3.05, 3.63) is 89.2 Å². The SMILES string of the molecule is O=C(NCc1ccc(-c2ccccc2F)cc1)C(=O)c1nc2ccccc2s1. The Morgan fingerprint density at radius 3 is 2.39 bits per heavy atom. The highest BCUT2D eigenvalue weighted by Gasteiger charge is 2.20. The summed E-state index contributed by atoms with van der Waals surface area (Å²) in [5.41, 5.74) is 2.78. The van der Waals surface area contributed by atoms with E-state index in [0.29, 0.717) is 11.1 Å². The number of benzene rings is 3. The van der Waals surface area contributed by atoms with E-state index < -0.39 is 11.7 Å². The van der Waals surface area contributed by atoms with E-state index in [1.54, 1.807) is 48.5 Å². The van der Waals surface area contributed by atoms with Gasteiger partial charge in [-0.2, -0.15) is 0 Å². The van der Waals surface area contributed by atoms with Crippen LogP contribution in [-0.4, -0.2) is 16.7 Å². The van der Waals surface area contributed by atoms with E-state index in [2.05, 4.69) is 10.3 Å². The minimum atomic E-state index is -0.697. The molecule has 0 spiro atoms. The fourth-order valence-corrected chi connectivity index (χ4v) is 3.73. The minimum Gasteiger partial charge on any atom is -0.345 e. The van der Waals surface area contributed by atoms with Crippen molar-refractivity contribution in [3.63, 3.8) is 0 Å². The minimum absolute atomic E-state index is 0.175. The molecule has 1 aromatic heterocycles. The molecule has 4 aromatic rings. The third-order valence-electron chi connectivity index (χ3n) is 4.29. The number of nitrogens with one attached hydrogen (secondary N) is 1. The summed E-state index contributed by atoms with van der Waals surface area (Å²) in [7, 11) is 0. The molecule has 1 heterocycles. The van der Waals surface area contributed by atoms with Gasteiger partial charge in [0, 0.05) is 12.1 Å². The molecule has 0 fully saturated rings. The number of carbonyl (C=O) groups is 2. The number of amides is 1. The van der Waals surface area contributed by atoms with Gasteiger partial charge in [0.05, 0.1) is 10.2 Å². The van der Waals surface area contributed by atoms with Gasteiger partial charge in [-0.05, 0) is 29.3 Å². The summed E-state index contributed by atoms with van der Waals surface area (Å²) in [5, 5.41) is 2.79. The van der Waals surface area contributed by atoms with Gasteiger partial charge in [0.25, 0.3) is 11.7 Å². The van der Waals surface area contributed by atoms with E-state index in [-0.39, 0.29) is 17.4 Å². The molecule has 4 nitrogen and oxygen atoms in total. The van der Waals surface area contributed by atoms with Crippen molar-refractivity contribution in [2.75, 3.05) is 0 Å². The molecule has 0 radical (unpaired) electrons. The third kappa shape index (κ3) is 3.68. The summed E-state index contributed by atoms with van der Waals surface area (Å²) >= 11 is 1.20. The van der Waals surface area contributed by atoms with Crippen molar-refractivity contribution in [1.82, 2.24) is 10.3 Å². The average molecular weight is 390 g/mol. The monoisotopic (exact) mass is 390 g/mol. The molecule has 28 heavy (non-hydrogen) atoms.